The highest BCUT2D eigenvalue weighted by atomic mass is 32.2. The summed E-state index contributed by atoms with van der Waals surface area (Å²) in [6, 6.07) is 9.03. The Morgan fingerprint density at radius 3 is 2.31 bits per heavy atom. The summed E-state index contributed by atoms with van der Waals surface area (Å²) >= 11 is 0. The van der Waals surface area contributed by atoms with Crippen molar-refractivity contribution in [1.29, 1.82) is 0 Å². The lowest BCUT2D eigenvalue weighted by Crippen LogP contribution is -2.58. The van der Waals surface area contributed by atoms with E-state index in [0.29, 0.717) is 10.3 Å². The average molecular weight is 491 g/mol. The fraction of sp³-hybridized carbons (Fsp3) is 0.444. The number of aromatic nitrogens is 3. The molecule has 2 fully saturated rings. The van der Waals surface area contributed by atoms with Crippen LogP contribution in [0.1, 0.15) is 43.7 Å². The number of ether oxygens (including phenoxy) is 1. The van der Waals surface area contributed by atoms with Gasteiger partial charge in [-0.25, -0.2) is 18.4 Å². The number of hydrogen-bond acceptors (Lipinski definition) is 7. The van der Waals surface area contributed by atoms with Gasteiger partial charge in [-0.05, 0) is 61.3 Å². The van der Waals surface area contributed by atoms with Gasteiger partial charge in [0.25, 0.3) is 0 Å². The van der Waals surface area contributed by atoms with Gasteiger partial charge in [0.05, 0.1) is 16.8 Å². The molecule has 0 N–H and O–H groups in total. The van der Waals surface area contributed by atoms with Crippen LogP contribution in [0.25, 0.3) is 11.3 Å². The first-order valence-corrected chi connectivity index (χ1v) is 14.2. The zero-order valence-electron chi connectivity index (χ0n) is 20.2. The fourth-order valence-electron chi connectivity index (χ4n) is 6.10. The monoisotopic (exact) mass is 490 g/mol. The molecule has 3 aliphatic rings. The second-order valence-corrected chi connectivity index (χ2v) is 12.5. The zero-order chi connectivity index (χ0) is 24.3. The van der Waals surface area contributed by atoms with Gasteiger partial charge in [-0.1, -0.05) is 19.1 Å². The van der Waals surface area contributed by atoms with Crippen molar-refractivity contribution in [3.8, 4) is 17.0 Å². The molecule has 1 aliphatic carbocycles. The molecule has 0 radical (unpaired) electrons. The lowest BCUT2D eigenvalue weighted by molar-refractivity contribution is -0.106. The Morgan fingerprint density at radius 1 is 1.00 bits per heavy atom. The Hall–Kier alpha value is -3.00. The van der Waals surface area contributed by atoms with Crippen molar-refractivity contribution < 1.29 is 13.2 Å². The summed E-state index contributed by atoms with van der Waals surface area (Å²) in [4.78, 5) is 16.4. The largest absolute Gasteiger partial charge is 0.485 e. The average Bonchev–Trinajstić information content (AvgIpc) is 3.22. The third kappa shape index (κ3) is 4.07. The Labute approximate surface area is 206 Å². The highest BCUT2D eigenvalue weighted by Crippen LogP contribution is 2.60. The van der Waals surface area contributed by atoms with Gasteiger partial charge in [0.2, 0.25) is 5.95 Å². The minimum Gasteiger partial charge on any atom is -0.485 e. The van der Waals surface area contributed by atoms with Gasteiger partial charge in [0.15, 0.2) is 9.84 Å². The molecule has 1 aromatic carbocycles. The van der Waals surface area contributed by atoms with Gasteiger partial charge in [-0.15, -0.1) is 0 Å². The number of aryl methyl sites for hydroxylation is 1. The number of pyridine rings is 1. The first-order valence-electron chi connectivity index (χ1n) is 12.3. The van der Waals surface area contributed by atoms with Crippen LogP contribution in [0, 0.1) is 5.41 Å². The lowest BCUT2D eigenvalue weighted by atomic mass is 9.54. The number of rotatable bonds is 4. The quantitative estimate of drug-likeness (QED) is 0.540. The first-order chi connectivity index (χ1) is 16.8. The SMILES string of the molecule is CCc1cnc(N2CCC3(CC2)CC2(Cc4cc(-c5ccc(S(C)(=O)=O)cc5)ncc4O2)C3)nc1. The van der Waals surface area contributed by atoms with Gasteiger partial charge < -0.3 is 9.64 Å². The third-order valence-corrected chi connectivity index (χ3v) is 9.10. The zero-order valence-corrected chi connectivity index (χ0v) is 21.0. The van der Waals surface area contributed by atoms with Crippen molar-refractivity contribution in [2.45, 2.75) is 55.9 Å². The van der Waals surface area contributed by atoms with Gasteiger partial charge in [-0.3, -0.25) is 4.98 Å². The molecule has 182 valence electrons. The second-order valence-electron chi connectivity index (χ2n) is 10.5. The summed E-state index contributed by atoms with van der Waals surface area (Å²) in [5, 5.41) is 0. The number of hydrogen-bond donors (Lipinski definition) is 0. The number of sulfone groups is 1. The molecule has 0 unspecified atom stereocenters. The summed E-state index contributed by atoms with van der Waals surface area (Å²) in [7, 11) is -3.21. The van der Waals surface area contributed by atoms with E-state index in [-0.39, 0.29) is 5.60 Å². The van der Waals surface area contributed by atoms with E-state index in [1.807, 2.05) is 30.7 Å². The summed E-state index contributed by atoms with van der Waals surface area (Å²) in [6.07, 6.45) is 13.2. The molecule has 1 saturated carbocycles. The standard InChI is InChI=1S/C27H30N4O3S/c1-3-19-14-29-25(30-15-19)31-10-8-26(9-11-31)17-27(18-26)13-21-12-23(28-16-24(21)34-27)20-4-6-22(7-5-20)35(2,32)33/h4-7,12,14-16H,3,8-11,13,17-18H2,1-2H3. The number of fused-ring (bicyclic) bond motifs is 1. The molecule has 0 amide bonds. The number of benzene rings is 1. The highest BCUT2D eigenvalue weighted by Gasteiger charge is 2.59. The van der Waals surface area contributed by atoms with Crippen LogP contribution in [0.4, 0.5) is 5.95 Å². The van der Waals surface area contributed by atoms with Crippen molar-refractivity contribution in [2.24, 2.45) is 5.41 Å². The van der Waals surface area contributed by atoms with Crippen molar-refractivity contribution in [1.82, 2.24) is 15.0 Å². The molecule has 35 heavy (non-hydrogen) atoms. The number of nitrogens with zero attached hydrogens (tertiary/aromatic N) is 4. The van der Waals surface area contributed by atoms with Crippen LogP contribution < -0.4 is 9.64 Å². The van der Waals surface area contributed by atoms with Crippen LogP contribution in [0.15, 0.2) is 53.8 Å². The molecule has 2 aromatic heterocycles. The fourth-order valence-corrected chi connectivity index (χ4v) is 6.73. The van der Waals surface area contributed by atoms with Gasteiger partial charge >= 0.3 is 0 Å². The maximum absolute atomic E-state index is 11.7. The van der Waals surface area contributed by atoms with E-state index >= 15 is 0 Å². The van der Waals surface area contributed by atoms with E-state index in [0.717, 1.165) is 74.6 Å². The molecule has 1 saturated heterocycles. The molecule has 2 spiro atoms. The maximum Gasteiger partial charge on any atom is 0.225 e. The predicted octanol–water partition coefficient (Wildman–Crippen LogP) is 4.26. The Morgan fingerprint density at radius 2 is 1.69 bits per heavy atom. The van der Waals surface area contributed by atoms with Crippen LogP contribution >= 0.6 is 0 Å². The molecule has 6 rings (SSSR count). The molecular formula is C27H30N4O3S. The van der Waals surface area contributed by atoms with Crippen molar-refractivity contribution in [2.75, 3.05) is 24.2 Å². The van der Waals surface area contributed by atoms with E-state index in [9.17, 15) is 8.42 Å². The smallest absolute Gasteiger partial charge is 0.225 e. The predicted molar refractivity (Wildman–Crippen MR) is 134 cm³/mol. The van der Waals surface area contributed by atoms with E-state index in [4.69, 9.17) is 4.74 Å². The number of anilines is 1. The molecular weight excluding hydrogens is 460 g/mol. The van der Waals surface area contributed by atoms with E-state index in [1.165, 1.54) is 17.4 Å². The summed E-state index contributed by atoms with van der Waals surface area (Å²) in [6.45, 7) is 4.10. The molecule has 2 aliphatic heterocycles. The van der Waals surface area contributed by atoms with E-state index in [1.54, 1.807) is 12.1 Å². The van der Waals surface area contributed by atoms with Crippen molar-refractivity contribution >= 4 is 15.8 Å². The van der Waals surface area contributed by atoms with Crippen LogP contribution in [-0.2, 0) is 22.7 Å². The lowest BCUT2D eigenvalue weighted by Gasteiger charge is -2.57. The minimum atomic E-state index is -3.21. The van der Waals surface area contributed by atoms with Gasteiger partial charge in [0, 0.05) is 49.3 Å². The maximum atomic E-state index is 11.7. The normalized spacial score (nSPS) is 19.9. The first kappa shape index (κ1) is 22.5. The Balaban J connectivity index is 1.10. The number of piperidine rings is 1. The van der Waals surface area contributed by atoms with Crippen LogP contribution in [0.5, 0.6) is 5.75 Å². The van der Waals surface area contributed by atoms with E-state index < -0.39 is 9.84 Å². The van der Waals surface area contributed by atoms with Crippen molar-refractivity contribution in [3.63, 3.8) is 0 Å². The molecule has 7 nitrogen and oxygen atoms in total. The highest BCUT2D eigenvalue weighted by molar-refractivity contribution is 7.90. The second kappa shape index (κ2) is 8.01. The van der Waals surface area contributed by atoms with Crippen LogP contribution in [0.3, 0.4) is 0 Å². The van der Waals surface area contributed by atoms with Gasteiger partial charge in [-0.2, -0.15) is 0 Å². The molecule has 8 heteroatoms. The Kier molecular flexibility index (Phi) is 5.14. The van der Waals surface area contributed by atoms with E-state index in [2.05, 4.69) is 32.8 Å². The molecule has 0 atom stereocenters. The molecule has 0 bridgehead atoms. The van der Waals surface area contributed by atoms with Crippen LogP contribution in [0.2, 0.25) is 0 Å². The Bertz CT molecular complexity index is 1350. The van der Waals surface area contributed by atoms with Crippen molar-refractivity contribution in [3.05, 3.63) is 60.0 Å². The van der Waals surface area contributed by atoms with Gasteiger partial charge in [0.1, 0.15) is 11.4 Å². The summed E-state index contributed by atoms with van der Waals surface area (Å²) in [5.41, 5.74) is 4.36. The molecule has 4 heterocycles. The summed E-state index contributed by atoms with van der Waals surface area (Å²) in [5.74, 6) is 1.73. The summed E-state index contributed by atoms with van der Waals surface area (Å²) < 4.78 is 30.0. The minimum absolute atomic E-state index is 0.107. The van der Waals surface area contributed by atoms with Crippen LogP contribution in [-0.4, -0.2) is 48.3 Å². The molecule has 3 aromatic rings. The topological polar surface area (TPSA) is 85.3 Å². The third-order valence-electron chi connectivity index (χ3n) is 7.97.